The summed E-state index contributed by atoms with van der Waals surface area (Å²) in [5.41, 5.74) is 0. The van der Waals surface area contributed by atoms with Gasteiger partial charge < -0.3 is 0 Å². The standard InChI is InChI=1S/C12H11Br2NO2S/c13-9-3-4-10(14)11(7-9)18(16,17)12(8-15)5-1-2-6-12/h3-4,7H,1-2,5-6H2. The van der Waals surface area contributed by atoms with E-state index < -0.39 is 14.6 Å². The lowest BCUT2D eigenvalue weighted by atomic mass is 10.1. The molecule has 1 aliphatic rings. The molecular weight excluding hydrogens is 382 g/mol. The first kappa shape index (κ1) is 14.0. The van der Waals surface area contributed by atoms with E-state index in [4.69, 9.17) is 0 Å². The van der Waals surface area contributed by atoms with Crippen LogP contribution in [0, 0.1) is 11.3 Å². The molecule has 6 heteroatoms. The van der Waals surface area contributed by atoms with Crippen molar-refractivity contribution in [2.45, 2.75) is 35.3 Å². The molecule has 18 heavy (non-hydrogen) atoms. The molecular formula is C12H11Br2NO2S. The highest BCUT2D eigenvalue weighted by Gasteiger charge is 2.48. The van der Waals surface area contributed by atoms with Crippen molar-refractivity contribution in [2.24, 2.45) is 0 Å². The van der Waals surface area contributed by atoms with Gasteiger partial charge in [0.1, 0.15) is 0 Å². The maximum absolute atomic E-state index is 12.7. The third-order valence-corrected chi connectivity index (χ3v) is 7.20. The van der Waals surface area contributed by atoms with E-state index in [9.17, 15) is 13.7 Å². The summed E-state index contributed by atoms with van der Waals surface area (Å²) in [6.07, 6.45) is 2.42. The van der Waals surface area contributed by atoms with Crippen LogP contribution < -0.4 is 0 Å². The molecule has 0 amide bonds. The molecule has 0 radical (unpaired) electrons. The topological polar surface area (TPSA) is 57.9 Å². The van der Waals surface area contributed by atoms with Crippen molar-refractivity contribution in [3.8, 4) is 6.07 Å². The minimum absolute atomic E-state index is 0.195. The summed E-state index contributed by atoms with van der Waals surface area (Å²) in [4.78, 5) is 0.195. The van der Waals surface area contributed by atoms with Gasteiger partial charge in [-0.1, -0.05) is 28.8 Å². The number of rotatable bonds is 2. The molecule has 0 aromatic heterocycles. The first-order valence-corrected chi connectivity index (χ1v) is 8.61. The molecule has 0 N–H and O–H groups in total. The summed E-state index contributed by atoms with van der Waals surface area (Å²) < 4.78 is 25.3. The lowest BCUT2D eigenvalue weighted by molar-refractivity contribution is 0.557. The molecule has 2 rings (SSSR count). The Morgan fingerprint density at radius 1 is 1.22 bits per heavy atom. The fraction of sp³-hybridized carbons (Fsp3) is 0.417. The SMILES string of the molecule is N#CC1(S(=O)(=O)c2cc(Br)ccc2Br)CCCC1. The van der Waals surface area contributed by atoms with Gasteiger partial charge in [0.05, 0.1) is 11.0 Å². The summed E-state index contributed by atoms with van der Waals surface area (Å²) in [5.74, 6) is 0. The third-order valence-electron chi connectivity index (χ3n) is 3.31. The average molecular weight is 393 g/mol. The number of hydrogen-bond donors (Lipinski definition) is 0. The predicted octanol–water partition coefficient (Wildman–Crippen LogP) is 3.82. The Kier molecular flexibility index (Phi) is 3.86. The third kappa shape index (κ3) is 2.13. The quantitative estimate of drug-likeness (QED) is 0.768. The van der Waals surface area contributed by atoms with Crippen molar-refractivity contribution < 1.29 is 8.42 Å². The monoisotopic (exact) mass is 391 g/mol. The highest BCUT2D eigenvalue weighted by molar-refractivity contribution is 9.11. The summed E-state index contributed by atoms with van der Waals surface area (Å²) in [6.45, 7) is 0. The van der Waals surface area contributed by atoms with Crippen molar-refractivity contribution >= 4 is 41.7 Å². The molecule has 1 aromatic rings. The second-order valence-electron chi connectivity index (χ2n) is 4.39. The number of sulfone groups is 1. The fourth-order valence-electron chi connectivity index (χ4n) is 2.28. The van der Waals surface area contributed by atoms with Gasteiger partial charge in [0.25, 0.3) is 0 Å². The Morgan fingerprint density at radius 3 is 2.39 bits per heavy atom. The molecule has 0 heterocycles. The zero-order valence-corrected chi connectivity index (χ0v) is 13.5. The Bertz CT molecular complexity index is 613. The molecule has 1 aliphatic carbocycles. The molecule has 1 aromatic carbocycles. The van der Waals surface area contributed by atoms with Crippen molar-refractivity contribution in [1.82, 2.24) is 0 Å². The lowest BCUT2D eigenvalue weighted by Gasteiger charge is -2.21. The Labute approximate surface area is 123 Å². The normalized spacial score (nSPS) is 18.5. The largest absolute Gasteiger partial charge is 0.222 e. The second kappa shape index (κ2) is 4.95. The smallest absolute Gasteiger partial charge is 0.198 e. The van der Waals surface area contributed by atoms with Gasteiger partial charge in [-0.15, -0.1) is 0 Å². The molecule has 0 saturated heterocycles. The Morgan fingerprint density at radius 2 is 1.83 bits per heavy atom. The van der Waals surface area contributed by atoms with Crippen molar-refractivity contribution in [1.29, 1.82) is 5.26 Å². The molecule has 1 fully saturated rings. The van der Waals surface area contributed by atoms with Crippen molar-refractivity contribution in [3.63, 3.8) is 0 Å². The van der Waals surface area contributed by atoms with Gasteiger partial charge in [-0.3, -0.25) is 0 Å². The lowest BCUT2D eigenvalue weighted by Crippen LogP contribution is -2.34. The number of nitriles is 1. The maximum atomic E-state index is 12.7. The van der Waals surface area contributed by atoms with E-state index in [1.165, 1.54) is 0 Å². The molecule has 3 nitrogen and oxygen atoms in total. The van der Waals surface area contributed by atoms with Gasteiger partial charge in [0.2, 0.25) is 0 Å². The molecule has 1 saturated carbocycles. The van der Waals surface area contributed by atoms with Crippen LogP contribution in [0.25, 0.3) is 0 Å². The second-order valence-corrected chi connectivity index (χ2v) is 8.39. The number of hydrogen-bond acceptors (Lipinski definition) is 3. The van der Waals surface area contributed by atoms with E-state index in [0.29, 0.717) is 21.8 Å². The maximum Gasteiger partial charge on any atom is 0.198 e. The minimum Gasteiger partial charge on any atom is -0.222 e. The van der Waals surface area contributed by atoms with Crippen LogP contribution in [0.2, 0.25) is 0 Å². The molecule has 0 unspecified atom stereocenters. The Balaban J connectivity index is 2.62. The van der Waals surface area contributed by atoms with Gasteiger partial charge in [-0.25, -0.2) is 8.42 Å². The van der Waals surface area contributed by atoms with E-state index in [1.54, 1.807) is 18.2 Å². The summed E-state index contributed by atoms with van der Waals surface area (Å²) >= 11 is 6.53. The van der Waals surface area contributed by atoms with Gasteiger partial charge in [0, 0.05) is 8.95 Å². The number of benzene rings is 1. The Hall–Kier alpha value is -0.380. The summed E-state index contributed by atoms with van der Waals surface area (Å²) in [5, 5.41) is 9.32. The van der Waals surface area contributed by atoms with Crippen LogP contribution in [-0.2, 0) is 9.84 Å². The minimum atomic E-state index is -3.64. The summed E-state index contributed by atoms with van der Waals surface area (Å²) in [7, 11) is -3.64. The van der Waals surface area contributed by atoms with Crippen LogP contribution in [0.3, 0.4) is 0 Å². The molecule has 0 bridgehead atoms. The van der Waals surface area contributed by atoms with E-state index in [2.05, 4.69) is 31.9 Å². The van der Waals surface area contributed by atoms with Gasteiger partial charge in [-0.2, -0.15) is 5.26 Å². The van der Waals surface area contributed by atoms with Gasteiger partial charge in [0.15, 0.2) is 14.6 Å². The average Bonchev–Trinajstić information content (AvgIpc) is 2.82. The predicted molar refractivity (Wildman–Crippen MR) is 75.8 cm³/mol. The zero-order valence-electron chi connectivity index (χ0n) is 9.49. The van der Waals surface area contributed by atoms with Crippen molar-refractivity contribution in [2.75, 3.05) is 0 Å². The van der Waals surface area contributed by atoms with Crippen LogP contribution in [-0.4, -0.2) is 13.2 Å². The van der Waals surface area contributed by atoms with Gasteiger partial charge >= 0.3 is 0 Å². The van der Waals surface area contributed by atoms with Crippen LogP contribution in [0.5, 0.6) is 0 Å². The van der Waals surface area contributed by atoms with E-state index >= 15 is 0 Å². The summed E-state index contributed by atoms with van der Waals surface area (Å²) in [6, 6.07) is 7.03. The molecule has 0 spiro atoms. The van der Waals surface area contributed by atoms with Crippen LogP contribution in [0.15, 0.2) is 32.0 Å². The van der Waals surface area contributed by atoms with E-state index in [-0.39, 0.29) is 4.90 Å². The molecule has 0 aliphatic heterocycles. The van der Waals surface area contributed by atoms with E-state index in [0.717, 1.165) is 12.8 Å². The first-order valence-electron chi connectivity index (χ1n) is 5.54. The van der Waals surface area contributed by atoms with Crippen LogP contribution >= 0.6 is 31.9 Å². The number of nitrogens with zero attached hydrogens (tertiary/aromatic N) is 1. The highest BCUT2D eigenvalue weighted by atomic mass is 79.9. The highest BCUT2D eigenvalue weighted by Crippen LogP contribution is 2.42. The molecule has 96 valence electrons. The van der Waals surface area contributed by atoms with Crippen molar-refractivity contribution in [3.05, 3.63) is 27.1 Å². The van der Waals surface area contributed by atoms with Crippen LogP contribution in [0.1, 0.15) is 25.7 Å². The van der Waals surface area contributed by atoms with E-state index in [1.807, 2.05) is 6.07 Å². The van der Waals surface area contributed by atoms with Crippen LogP contribution in [0.4, 0.5) is 0 Å². The number of halogens is 2. The zero-order chi connectivity index (χ0) is 13.4. The first-order chi connectivity index (χ1) is 8.43. The van der Waals surface area contributed by atoms with Gasteiger partial charge in [-0.05, 0) is 47.0 Å². The fourth-order valence-corrected chi connectivity index (χ4v) is 5.65. The molecule has 0 atom stereocenters.